The molecule has 1 saturated heterocycles. The van der Waals surface area contributed by atoms with Crippen molar-refractivity contribution in [2.75, 3.05) is 13.2 Å². The molecule has 1 fully saturated rings. The average molecular weight is 486 g/mol. The summed E-state index contributed by atoms with van der Waals surface area (Å²) >= 11 is 0. The van der Waals surface area contributed by atoms with Gasteiger partial charge in [-0.15, -0.1) is 0 Å². The summed E-state index contributed by atoms with van der Waals surface area (Å²) < 4.78 is 44.6. The summed E-state index contributed by atoms with van der Waals surface area (Å²) in [7, 11) is 0. The molecule has 0 spiro atoms. The van der Waals surface area contributed by atoms with Gasteiger partial charge in [-0.3, -0.25) is 9.78 Å². The molecular formula is C28H20F2N2O4. The monoisotopic (exact) mass is 486 g/mol. The van der Waals surface area contributed by atoms with Gasteiger partial charge in [0.05, 0.1) is 18.7 Å². The van der Waals surface area contributed by atoms with Gasteiger partial charge in [-0.05, 0) is 47.5 Å². The topological polar surface area (TPSA) is 65.3 Å². The van der Waals surface area contributed by atoms with E-state index in [2.05, 4.69) is 9.83 Å². The molecule has 6 nitrogen and oxygen atoms in total. The van der Waals surface area contributed by atoms with Crippen LogP contribution in [0.4, 0.5) is 14.5 Å². The van der Waals surface area contributed by atoms with Crippen LogP contribution in [0.5, 0.6) is 17.2 Å². The summed E-state index contributed by atoms with van der Waals surface area (Å²) in [4.78, 5) is 20.3. The minimum atomic E-state index is -0.571. The Bertz CT molecular complexity index is 1480. The van der Waals surface area contributed by atoms with Crippen LogP contribution in [0.15, 0.2) is 66.9 Å². The standard InChI is InChI=1S/C28H20F2N2O4/c1-31-26-13-23-25(14-28(26)35-16-22-15-34-22)32-9-8-27(23)36-21-7-4-18(24(30)12-21)11-20(33)10-17-2-5-19(29)6-3-17/h2-9,12-14,22H,10-11,15-16H2. The van der Waals surface area contributed by atoms with Crippen LogP contribution in [-0.4, -0.2) is 30.1 Å². The first-order valence-corrected chi connectivity index (χ1v) is 11.3. The Balaban J connectivity index is 1.32. The lowest BCUT2D eigenvalue weighted by molar-refractivity contribution is -0.117. The number of hydrogen-bond acceptors (Lipinski definition) is 5. The number of Topliss-reactive ketones (excluding diaryl/α,β-unsaturated/α-hetero) is 1. The normalized spacial score (nSPS) is 14.3. The van der Waals surface area contributed by atoms with Crippen LogP contribution >= 0.6 is 0 Å². The lowest BCUT2D eigenvalue weighted by atomic mass is 10.0. The van der Waals surface area contributed by atoms with Crippen LogP contribution in [0.1, 0.15) is 11.1 Å². The number of ketones is 1. The van der Waals surface area contributed by atoms with E-state index >= 15 is 0 Å². The molecule has 3 aromatic carbocycles. The highest BCUT2D eigenvalue weighted by Crippen LogP contribution is 2.38. The van der Waals surface area contributed by atoms with Gasteiger partial charge < -0.3 is 14.2 Å². The number of fused-ring (bicyclic) bond motifs is 1. The van der Waals surface area contributed by atoms with E-state index in [-0.39, 0.29) is 41.9 Å². The van der Waals surface area contributed by atoms with Crippen molar-refractivity contribution in [3.63, 3.8) is 0 Å². The van der Waals surface area contributed by atoms with Crippen LogP contribution in [0.2, 0.25) is 0 Å². The fraction of sp³-hybridized carbons (Fsp3) is 0.179. The first kappa shape index (κ1) is 23.4. The zero-order chi connectivity index (χ0) is 25.1. The third kappa shape index (κ3) is 5.48. The Morgan fingerprint density at radius 1 is 1.06 bits per heavy atom. The second-order valence-electron chi connectivity index (χ2n) is 8.40. The van der Waals surface area contributed by atoms with Crippen LogP contribution in [0, 0.1) is 18.2 Å². The van der Waals surface area contributed by atoms with Gasteiger partial charge in [0.2, 0.25) is 5.69 Å². The number of nitrogens with zero attached hydrogens (tertiary/aromatic N) is 2. The molecule has 1 atom stereocenters. The fourth-order valence-electron chi connectivity index (χ4n) is 3.74. The first-order valence-electron chi connectivity index (χ1n) is 11.3. The number of epoxide rings is 1. The molecular weight excluding hydrogens is 466 g/mol. The molecule has 0 aliphatic carbocycles. The Labute approximate surface area is 205 Å². The van der Waals surface area contributed by atoms with E-state index in [0.29, 0.717) is 46.9 Å². The number of aromatic nitrogens is 1. The molecule has 8 heteroatoms. The minimum absolute atomic E-state index is 0.0537. The number of halogens is 2. The van der Waals surface area contributed by atoms with Gasteiger partial charge in [0, 0.05) is 30.5 Å². The van der Waals surface area contributed by atoms with E-state index in [1.807, 2.05) is 0 Å². The maximum absolute atomic E-state index is 14.8. The first-order chi connectivity index (χ1) is 17.5. The molecule has 1 aliphatic rings. The molecule has 0 saturated carbocycles. The zero-order valence-corrected chi connectivity index (χ0v) is 19.0. The van der Waals surface area contributed by atoms with E-state index in [0.717, 1.165) is 0 Å². The molecule has 36 heavy (non-hydrogen) atoms. The van der Waals surface area contributed by atoms with E-state index in [9.17, 15) is 13.6 Å². The third-order valence-electron chi connectivity index (χ3n) is 5.68. The Morgan fingerprint density at radius 2 is 1.86 bits per heavy atom. The highest BCUT2D eigenvalue weighted by Gasteiger charge is 2.24. The van der Waals surface area contributed by atoms with Gasteiger partial charge in [-0.1, -0.05) is 18.2 Å². The number of benzene rings is 3. The summed E-state index contributed by atoms with van der Waals surface area (Å²) in [6.45, 7) is 8.51. The largest absolute Gasteiger partial charge is 0.502 e. The predicted octanol–water partition coefficient (Wildman–Crippen LogP) is 5.99. The summed E-state index contributed by atoms with van der Waals surface area (Å²) in [6, 6.07) is 14.9. The Morgan fingerprint density at radius 3 is 2.58 bits per heavy atom. The molecule has 0 amide bonds. The average Bonchev–Trinajstić information content (AvgIpc) is 3.70. The van der Waals surface area contributed by atoms with E-state index in [4.69, 9.17) is 20.8 Å². The lowest BCUT2D eigenvalue weighted by Crippen LogP contribution is -2.08. The van der Waals surface area contributed by atoms with Gasteiger partial charge in [0.25, 0.3) is 0 Å². The van der Waals surface area contributed by atoms with E-state index in [1.54, 1.807) is 30.5 Å². The Hall–Kier alpha value is -4.35. The fourth-order valence-corrected chi connectivity index (χ4v) is 3.74. The molecule has 180 valence electrons. The van der Waals surface area contributed by atoms with Crippen LogP contribution in [0.25, 0.3) is 15.7 Å². The predicted molar refractivity (Wildman–Crippen MR) is 129 cm³/mol. The van der Waals surface area contributed by atoms with Crippen LogP contribution < -0.4 is 9.47 Å². The van der Waals surface area contributed by atoms with Gasteiger partial charge in [-0.25, -0.2) is 13.6 Å². The highest BCUT2D eigenvalue weighted by atomic mass is 19.1. The summed E-state index contributed by atoms with van der Waals surface area (Å²) in [5.41, 5.74) is 1.78. The van der Waals surface area contributed by atoms with Crippen molar-refractivity contribution in [1.29, 1.82) is 0 Å². The zero-order valence-electron chi connectivity index (χ0n) is 19.0. The molecule has 0 radical (unpaired) electrons. The molecule has 1 unspecified atom stereocenters. The van der Waals surface area contributed by atoms with Crippen molar-refractivity contribution >= 4 is 22.4 Å². The van der Waals surface area contributed by atoms with Crippen molar-refractivity contribution in [3.8, 4) is 17.2 Å². The highest BCUT2D eigenvalue weighted by molar-refractivity contribution is 5.91. The number of carbonyl (C=O) groups is 1. The SMILES string of the molecule is [C-]#[N+]c1cc2c(Oc3ccc(CC(=O)Cc4ccc(F)cc4)c(F)c3)ccnc2cc1OCC1CO1. The molecule has 1 aliphatic heterocycles. The second kappa shape index (κ2) is 10.1. The van der Waals surface area contributed by atoms with Crippen molar-refractivity contribution in [2.45, 2.75) is 18.9 Å². The molecule has 0 bridgehead atoms. The quantitative estimate of drug-likeness (QED) is 0.215. The lowest BCUT2D eigenvalue weighted by Gasteiger charge is -2.12. The summed E-state index contributed by atoms with van der Waals surface area (Å²) in [6.07, 6.45) is 1.61. The number of hydrogen-bond donors (Lipinski definition) is 0. The number of rotatable bonds is 9. The molecule has 5 rings (SSSR count). The van der Waals surface area contributed by atoms with Crippen LogP contribution in [0.3, 0.4) is 0 Å². The van der Waals surface area contributed by atoms with E-state index in [1.165, 1.54) is 36.4 Å². The smallest absolute Gasteiger partial charge is 0.229 e. The number of ether oxygens (including phenoxy) is 3. The second-order valence-corrected chi connectivity index (χ2v) is 8.40. The molecule has 2 heterocycles. The number of pyridine rings is 1. The maximum Gasteiger partial charge on any atom is 0.229 e. The van der Waals surface area contributed by atoms with Crippen molar-refractivity contribution in [2.24, 2.45) is 0 Å². The Kier molecular flexibility index (Phi) is 6.56. The molecule has 0 N–H and O–H groups in total. The van der Waals surface area contributed by atoms with Gasteiger partial charge in [-0.2, -0.15) is 0 Å². The summed E-state index contributed by atoms with van der Waals surface area (Å²) in [5, 5.41) is 0.581. The van der Waals surface area contributed by atoms with Gasteiger partial charge >= 0.3 is 0 Å². The number of carbonyl (C=O) groups excluding carboxylic acids is 1. The molecule has 1 aromatic heterocycles. The van der Waals surface area contributed by atoms with Crippen molar-refractivity contribution in [3.05, 3.63) is 101 Å². The van der Waals surface area contributed by atoms with Crippen molar-refractivity contribution in [1.82, 2.24) is 4.98 Å². The van der Waals surface area contributed by atoms with Gasteiger partial charge in [0.1, 0.15) is 47.4 Å². The van der Waals surface area contributed by atoms with Crippen LogP contribution in [-0.2, 0) is 22.4 Å². The minimum Gasteiger partial charge on any atom is -0.502 e. The molecule has 4 aromatic rings. The summed E-state index contributed by atoms with van der Waals surface area (Å²) in [5.74, 6) is -0.0758. The van der Waals surface area contributed by atoms with E-state index < -0.39 is 5.82 Å². The van der Waals surface area contributed by atoms with Crippen molar-refractivity contribution < 1.29 is 27.8 Å². The van der Waals surface area contributed by atoms with Gasteiger partial charge in [0.15, 0.2) is 0 Å². The third-order valence-corrected chi connectivity index (χ3v) is 5.68. The maximum atomic E-state index is 14.8.